The first-order valence-electron chi connectivity index (χ1n) is 9.51. The third kappa shape index (κ3) is 6.19. The van der Waals surface area contributed by atoms with Gasteiger partial charge in [0, 0.05) is 24.7 Å². The zero-order chi connectivity index (χ0) is 16.8. The highest BCUT2D eigenvalue weighted by atomic mass is 35.5. The van der Waals surface area contributed by atoms with Crippen LogP contribution in [0.15, 0.2) is 24.3 Å². The van der Waals surface area contributed by atoms with E-state index in [0.717, 1.165) is 69.2 Å². The Bertz CT molecular complexity index is 523. The third-order valence-corrected chi connectivity index (χ3v) is 5.04. The number of carbonyl (C=O) groups excluding carboxylic acids is 1. The predicted octanol–water partition coefficient (Wildman–Crippen LogP) is 3.89. The van der Waals surface area contributed by atoms with E-state index in [1.54, 1.807) is 0 Å². The molecule has 4 nitrogen and oxygen atoms in total. The van der Waals surface area contributed by atoms with Gasteiger partial charge in [-0.25, -0.2) is 0 Å². The maximum Gasteiger partial charge on any atom is 0.253 e. The molecule has 0 bridgehead atoms. The summed E-state index contributed by atoms with van der Waals surface area (Å²) in [6.07, 6.45) is 7.10. The molecular formula is C20H31ClN2O2. The van der Waals surface area contributed by atoms with E-state index < -0.39 is 0 Å². The zero-order valence-electron chi connectivity index (χ0n) is 15.2. The summed E-state index contributed by atoms with van der Waals surface area (Å²) < 4.78 is 5.66. The van der Waals surface area contributed by atoms with E-state index in [-0.39, 0.29) is 18.3 Å². The Morgan fingerprint density at radius 1 is 1.16 bits per heavy atom. The molecule has 1 amide bonds. The summed E-state index contributed by atoms with van der Waals surface area (Å²) in [6.45, 7) is 5.77. The number of hydrogen-bond donors (Lipinski definition) is 1. The second kappa shape index (κ2) is 10.0. The van der Waals surface area contributed by atoms with Crippen molar-refractivity contribution < 1.29 is 9.53 Å². The van der Waals surface area contributed by atoms with Crippen LogP contribution in [0.5, 0.6) is 5.75 Å². The normalized spacial score (nSPS) is 17.9. The number of rotatable bonds is 8. The molecule has 1 N–H and O–H groups in total. The lowest BCUT2D eigenvalue weighted by Gasteiger charge is -2.32. The van der Waals surface area contributed by atoms with Crippen molar-refractivity contribution in [2.75, 3.05) is 26.2 Å². The highest BCUT2D eigenvalue weighted by molar-refractivity contribution is 5.94. The minimum absolute atomic E-state index is 0. The Balaban J connectivity index is 0.00000225. The molecular weight excluding hydrogens is 336 g/mol. The van der Waals surface area contributed by atoms with Crippen molar-refractivity contribution in [2.45, 2.75) is 51.5 Å². The number of hydrogen-bond acceptors (Lipinski definition) is 3. The summed E-state index contributed by atoms with van der Waals surface area (Å²) in [4.78, 5) is 14.6. The van der Waals surface area contributed by atoms with Crippen LogP contribution in [0, 0.1) is 5.92 Å². The molecule has 140 valence electrons. The maximum atomic E-state index is 12.6. The van der Waals surface area contributed by atoms with Crippen molar-refractivity contribution in [3.63, 3.8) is 0 Å². The van der Waals surface area contributed by atoms with Crippen LogP contribution in [0.4, 0.5) is 0 Å². The van der Waals surface area contributed by atoms with Gasteiger partial charge in [-0.2, -0.15) is 0 Å². The summed E-state index contributed by atoms with van der Waals surface area (Å²) >= 11 is 0. The van der Waals surface area contributed by atoms with Gasteiger partial charge in [-0.15, -0.1) is 12.4 Å². The predicted molar refractivity (Wildman–Crippen MR) is 104 cm³/mol. The number of halogens is 1. The topological polar surface area (TPSA) is 41.6 Å². The molecule has 2 fully saturated rings. The van der Waals surface area contributed by atoms with Gasteiger partial charge >= 0.3 is 0 Å². The Labute approximate surface area is 157 Å². The monoisotopic (exact) mass is 366 g/mol. The first-order chi connectivity index (χ1) is 11.8. The lowest BCUT2D eigenvalue weighted by atomic mass is 10.0. The molecule has 0 aromatic heterocycles. The summed E-state index contributed by atoms with van der Waals surface area (Å²) in [7, 11) is 0. The van der Waals surface area contributed by atoms with E-state index in [2.05, 4.69) is 12.2 Å². The molecule has 1 aromatic carbocycles. The van der Waals surface area contributed by atoms with Crippen molar-refractivity contribution in [1.82, 2.24) is 10.2 Å². The quantitative estimate of drug-likeness (QED) is 0.709. The molecule has 25 heavy (non-hydrogen) atoms. The van der Waals surface area contributed by atoms with Crippen LogP contribution in [0.3, 0.4) is 0 Å². The van der Waals surface area contributed by atoms with Crippen molar-refractivity contribution in [1.29, 1.82) is 0 Å². The van der Waals surface area contributed by atoms with E-state index in [1.165, 1.54) is 12.8 Å². The summed E-state index contributed by atoms with van der Waals surface area (Å²) in [5.41, 5.74) is 0.766. The van der Waals surface area contributed by atoms with Crippen molar-refractivity contribution in [3.05, 3.63) is 29.8 Å². The maximum absolute atomic E-state index is 12.6. The van der Waals surface area contributed by atoms with Gasteiger partial charge in [-0.1, -0.05) is 13.3 Å². The van der Waals surface area contributed by atoms with Gasteiger partial charge in [0.2, 0.25) is 0 Å². The van der Waals surface area contributed by atoms with Crippen molar-refractivity contribution in [2.24, 2.45) is 5.92 Å². The fourth-order valence-electron chi connectivity index (χ4n) is 3.15. The Morgan fingerprint density at radius 3 is 2.44 bits per heavy atom. The van der Waals surface area contributed by atoms with Gasteiger partial charge in [0.15, 0.2) is 0 Å². The van der Waals surface area contributed by atoms with E-state index in [1.807, 2.05) is 29.2 Å². The largest absolute Gasteiger partial charge is 0.494 e. The summed E-state index contributed by atoms with van der Waals surface area (Å²) in [5.74, 6) is 1.92. The average Bonchev–Trinajstić information content (AvgIpc) is 3.45. The molecule has 1 heterocycles. The van der Waals surface area contributed by atoms with Gasteiger partial charge in [-0.05, 0) is 68.8 Å². The molecule has 5 heteroatoms. The Kier molecular flexibility index (Phi) is 8.04. The second-order valence-electron chi connectivity index (χ2n) is 7.14. The highest BCUT2D eigenvalue weighted by Gasteiger charge is 2.26. The van der Waals surface area contributed by atoms with Crippen molar-refractivity contribution >= 4 is 18.3 Å². The molecule has 0 radical (unpaired) electrons. The standard InChI is InChI=1S/C20H30N2O2.ClH/c1-2-3-14-24-19-8-6-17(7-9-19)20(23)22-12-10-18(11-13-22)21-15-16-4-5-16;/h6-9,16,18,21H,2-5,10-15H2,1H3;1H. The van der Waals surface area contributed by atoms with Crippen LogP contribution in [-0.2, 0) is 0 Å². The highest BCUT2D eigenvalue weighted by Crippen LogP contribution is 2.28. The van der Waals surface area contributed by atoms with E-state index in [4.69, 9.17) is 4.74 Å². The van der Waals surface area contributed by atoms with E-state index in [9.17, 15) is 4.79 Å². The molecule has 0 atom stereocenters. The molecule has 1 aromatic rings. The Morgan fingerprint density at radius 2 is 1.84 bits per heavy atom. The third-order valence-electron chi connectivity index (χ3n) is 5.04. The number of piperidine rings is 1. The molecule has 2 aliphatic rings. The first kappa shape index (κ1) is 20.1. The molecule has 1 aliphatic carbocycles. The molecule has 1 saturated carbocycles. The SMILES string of the molecule is CCCCOc1ccc(C(=O)N2CCC(NCC3CC3)CC2)cc1.Cl. The van der Waals surface area contributed by atoms with E-state index >= 15 is 0 Å². The fourth-order valence-corrected chi connectivity index (χ4v) is 3.15. The number of benzene rings is 1. The number of unbranched alkanes of at least 4 members (excludes halogenated alkanes) is 1. The zero-order valence-corrected chi connectivity index (χ0v) is 16.0. The molecule has 0 spiro atoms. The number of carbonyl (C=O) groups is 1. The van der Waals surface area contributed by atoms with Crippen LogP contribution < -0.4 is 10.1 Å². The molecule has 3 rings (SSSR count). The van der Waals surface area contributed by atoms with Gasteiger partial charge in [0.1, 0.15) is 5.75 Å². The van der Waals surface area contributed by atoms with Gasteiger partial charge in [0.25, 0.3) is 5.91 Å². The number of amides is 1. The Hall–Kier alpha value is -1.26. The van der Waals surface area contributed by atoms with Crippen LogP contribution in [0.25, 0.3) is 0 Å². The number of ether oxygens (including phenoxy) is 1. The minimum atomic E-state index is 0. The first-order valence-corrected chi connectivity index (χ1v) is 9.51. The van der Waals surface area contributed by atoms with Gasteiger partial charge < -0.3 is 15.0 Å². The lowest BCUT2D eigenvalue weighted by Crippen LogP contribution is -2.45. The molecule has 0 unspecified atom stereocenters. The summed E-state index contributed by atoms with van der Waals surface area (Å²) in [6, 6.07) is 8.19. The molecule has 1 aliphatic heterocycles. The summed E-state index contributed by atoms with van der Waals surface area (Å²) in [5, 5.41) is 3.66. The molecule has 1 saturated heterocycles. The van der Waals surface area contributed by atoms with Crippen LogP contribution in [-0.4, -0.2) is 43.1 Å². The second-order valence-corrected chi connectivity index (χ2v) is 7.14. The number of nitrogens with one attached hydrogen (secondary N) is 1. The lowest BCUT2D eigenvalue weighted by molar-refractivity contribution is 0.0705. The average molecular weight is 367 g/mol. The fraction of sp³-hybridized carbons (Fsp3) is 0.650. The minimum Gasteiger partial charge on any atom is -0.494 e. The number of nitrogens with zero attached hydrogens (tertiary/aromatic N) is 1. The van der Waals surface area contributed by atoms with Crippen LogP contribution >= 0.6 is 12.4 Å². The van der Waals surface area contributed by atoms with Crippen LogP contribution in [0.1, 0.15) is 55.8 Å². The van der Waals surface area contributed by atoms with Crippen molar-refractivity contribution in [3.8, 4) is 5.75 Å². The van der Waals surface area contributed by atoms with Crippen LogP contribution in [0.2, 0.25) is 0 Å². The van der Waals surface area contributed by atoms with E-state index in [0.29, 0.717) is 6.04 Å². The number of likely N-dealkylation sites (tertiary alicyclic amines) is 1. The van der Waals surface area contributed by atoms with Gasteiger partial charge in [0.05, 0.1) is 6.61 Å². The smallest absolute Gasteiger partial charge is 0.253 e. The van der Waals surface area contributed by atoms with Gasteiger partial charge in [-0.3, -0.25) is 4.79 Å².